The molecule has 1 aromatic rings. The minimum atomic E-state index is -4.25. The first-order chi connectivity index (χ1) is 11.8. The van der Waals surface area contributed by atoms with E-state index in [0.717, 1.165) is 49.7 Å². The molecular weight excluding hydrogens is 352 g/mol. The third kappa shape index (κ3) is 2.99. The Bertz CT molecular complexity index is 814. The molecule has 136 valence electrons. The highest BCUT2D eigenvalue weighted by atomic mass is 32.2. The summed E-state index contributed by atoms with van der Waals surface area (Å²) in [6.45, 7) is -1.79. The molecule has 0 radical (unpaired) electrons. The number of amides is 2. The molecule has 1 saturated heterocycles. The fraction of sp³-hybridized carbons (Fsp3) is 0.562. The number of aryl methyl sites for hydroxylation is 2. The van der Waals surface area contributed by atoms with Crippen LogP contribution < -0.4 is 10.0 Å². The van der Waals surface area contributed by atoms with E-state index in [-0.39, 0.29) is 0 Å². The summed E-state index contributed by atoms with van der Waals surface area (Å²) in [6.07, 6.45) is 5.64. The van der Waals surface area contributed by atoms with Gasteiger partial charge in [0.15, 0.2) is 0 Å². The molecule has 0 saturated carbocycles. The van der Waals surface area contributed by atoms with E-state index in [2.05, 4.69) is 11.4 Å². The van der Waals surface area contributed by atoms with E-state index in [1.165, 1.54) is 11.1 Å². The lowest BCUT2D eigenvalue weighted by atomic mass is 9.99. The van der Waals surface area contributed by atoms with Gasteiger partial charge in [0, 0.05) is 5.69 Å². The van der Waals surface area contributed by atoms with Gasteiger partial charge in [0.05, 0.1) is 13.1 Å². The highest BCUT2D eigenvalue weighted by Gasteiger charge is 2.50. The maximum Gasteiger partial charge on any atom is 0.333 e. The normalized spacial score (nSPS) is 21.4. The van der Waals surface area contributed by atoms with Crippen molar-refractivity contribution in [3.8, 4) is 0 Å². The molecule has 1 heterocycles. The number of rotatable bonds is 3. The van der Waals surface area contributed by atoms with Crippen LogP contribution in [-0.4, -0.2) is 37.8 Å². The van der Waals surface area contributed by atoms with Crippen molar-refractivity contribution >= 4 is 21.9 Å². The smallest absolute Gasteiger partial charge is 0.307 e. The van der Waals surface area contributed by atoms with Gasteiger partial charge in [0.25, 0.3) is 5.92 Å². The van der Waals surface area contributed by atoms with Crippen LogP contribution in [0.25, 0.3) is 0 Å². The van der Waals surface area contributed by atoms with Crippen LogP contribution in [0.4, 0.5) is 19.3 Å². The Morgan fingerprint density at radius 3 is 2.12 bits per heavy atom. The minimum Gasteiger partial charge on any atom is -0.307 e. The average molecular weight is 371 g/mol. The van der Waals surface area contributed by atoms with Crippen molar-refractivity contribution in [1.29, 1.82) is 0 Å². The van der Waals surface area contributed by atoms with Crippen molar-refractivity contribution in [2.45, 2.75) is 44.4 Å². The van der Waals surface area contributed by atoms with Gasteiger partial charge in [-0.1, -0.05) is 6.07 Å². The predicted octanol–water partition coefficient (Wildman–Crippen LogP) is 1.98. The first-order valence-corrected chi connectivity index (χ1v) is 9.82. The molecule has 1 aromatic carbocycles. The molecule has 0 spiro atoms. The van der Waals surface area contributed by atoms with Gasteiger partial charge in [-0.05, 0) is 60.8 Å². The molecule has 2 aliphatic carbocycles. The number of urea groups is 1. The summed E-state index contributed by atoms with van der Waals surface area (Å²) < 4.78 is 52.1. The Morgan fingerprint density at radius 1 is 1.04 bits per heavy atom. The van der Waals surface area contributed by atoms with Crippen LogP contribution >= 0.6 is 0 Å². The fourth-order valence-corrected chi connectivity index (χ4v) is 5.06. The number of anilines is 1. The fourth-order valence-electron chi connectivity index (χ4n) is 3.93. The zero-order valence-electron chi connectivity index (χ0n) is 13.6. The van der Waals surface area contributed by atoms with Gasteiger partial charge in [-0.2, -0.15) is 12.7 Å². The zero-order chi connectivity index (χ0) is 17.8. The summed E-state index contributed by atoms with van der Waals surface area (Å²) >= 11 is 0. The molecule has 0 atom stereocenters. The summed E-state index contributed by atoms with van der Waals surface area (Å²) in [5, 5.41) is 2.68. The SMILES string of the molecule is O=C(Nc1c2c(cc3c1CCC3)CCC2)NS(=O)(=O)N1CC(F)(F)C1. The molecule has 1 fully saturated rings. The Kier molecular flexibility index (Phi) is 3.77. The summed E-state index contributed by atoms with van der Waals surface area (Å²) in [5.74, 6) is -3.02. The van der Waals surface area contributed by atoms with E-state index >= 15 is 0 Å². The number of hydrogen-bond donors (Lipinski definition) is 2. The van der Waals surface area contributed by atoms with Crippen LogP contribution in [0.1, 0.15) is 35.1 Å². The van der Waals surface area contributed by atoms with Crippen LogP contribution in [0, 0.1) is 0 Å². The number of carbonyl (C=O) groups is 1. The number of halogens is 2. The molecular formula is C16H19F2N3O3S. The van der Waals surface area contributed by atoms with Crippen LogP contribution in [-0.2, 0) is 35.9 Å². The Morgan fingerprint density at radius 2 is 1.60 bits per heavy atom. The van der Waals surface area contributed by atoms with Gasteiger partial charge >= 0.3 is 16.2 Å². The van der Waals surface area contributed by atoms with Gasteiger partial charge in [-0.3, -0.25) is 0 Å². The Hall–Kier alpha value is -1.74. The molecule has 3 aliphatic rings. The van der Waals surface area contributed by atoms with Crippen LogP contribution in [0.15, 0.2) is 6.07 Å². The average Bonchev–Trinajstić information content (AvgIpc) is 3.12. The number of benzene rings is 1. The second-order valence-electron chi connectivity index (χ2n) is 6.92. The standard InChI is InChI=1S/C16H19F2N3O3S/c17-16(18)8-21(9-16)25(23,24)20-15(22)19-14-12-5-1-3-10(12)7-11-4-2-6-13(11)14/h7H,1-6,8-9H2,(H2,19,20,22). The maximum atomic E-state index is 12.9. The molecule has 4 rings (SSSR count). The largest absolute Gasteiger partial charge is 0.333 e. The quantitative estimate of drug-likeness (QED) is 0.853. The van der Waals surface area contributed by atoms with Crippen molar-refractivity contribution in [2.24, 2.45) is 0 Å². The van der Waals surface area contributed by atoms with Crippen LogP contribution in [0.2, 0.25) is 0 Å². The monoisotopic (exact) mass is 371 g/mol. The van der Waals surface area contributed by atoms with Crippen molar-refractivity contribution < 1.29 is 22.0 Å². The van der Waals surface area contributed by atoms with Gasteiger partial charge in [0.1, 0.15) is 0 Å². The second kappa shape index (κ2) is 5.63. The van der Waals surface area contributed by atoms with Crippen LogP contribution in [0.5, 0.6) is 0 Å². The van der Waals surface area contributed by atoms with E-state index in [1.807, 2.05) is 4.72 Å². The highest BCUT2D eigenvalue weighted by Crippen LogP contribution is 2.38. The van der Waals surface area contributed by atoms with Crippen molar-refractivity contribution in [1.82, 2.24) is 9.03 Å². The van der Waals surface area contributed by atoms with Gasteiger partial charge < -0.3 is 5.32 Å². The van der Waals surface area contributed by atoms with E-state index in [4.69, 9.17) is 0 Å². The number of nitrogens with one attached hydrogen (secondary N) is 2. The summed E-state index contributed by atoms with van der Waals surface area (Å²) in [5.41, 5.74) is 5.28. The first kappa shape index (κ1) is 16.7. The molecule has 2 N–H and O–H groups in total. The third-order valence-electron chi connectivity index (χ3n) is 5.09. The maximum absolute atomic E-state index is 12.9. The minimum absolute atomic E-state index is 0.562. The number of nitrogens with zero attached hydrogens (tertiary/aromatic N) is 1. The number of hydrogen-bond acceptors (Lipinski definition) is 3. The van der Waals surface area contributed by atoms with E-state index in [0.29, 0.717) is 9.99 Å². The van der Waals surface area contributed by atoms with Gasteiger partial charge in [0.2, 0.25) is 0 Å². The summed E-state index contributed by atoms with van der Waals surface area (Å²) in [7, 11) is -4.25. The first-order valence-electron chi connectivity index (χ1n) is 8.38. The number of carbonyl (C=O) groups excluding carboxylic acids is 1. The highest BCUT2D eigenvalue weighted by molar-refractivity contribution is 7.87. The molecule has 0 aromatic heterocycles. The molecule has 0 bridgehead atoms. The molecule has 6 nitrogen and oxygen atoms in total. The van der Waals surface area contributed by atoms with Crippen molar-refractivity contribution in [2.75, 3.05) is 18.4 Å². The molecule has 0 unspecified atom stereocenters. The van der Waals surface area contributed by atoms with Crippen LogP contribution in [0.3, 0.4) is 0 Å². The van der Waals surface area contributed by atoms with Gasteiger partial charge in [-0.15, -0.1) is 0 Å². The van der Waals surface area contributed by atoms with Gasteiger partial charge in [-0.25, -0.2) is 18.3 Å². The van der Waals surface area contributed by atoms with Crippen molar-refractivity contribution in [3.05, 3.63) is 28.3 Å². The lowest BCUT2D eigenvalue weighted by molar-refractivity contribution is -0.0948. The molecule has 2 amide bonds. The lowest BCUT2D eigenvalue weighted by Gasteiger charge is -2.37. The lowest BCUT2D eigenvalue weighted by Crippen LogP contribution is -2.61. The van der Waals surface area contributed by atoms with Crippen molar-refractivity contribution in [3.63, 3.8) is 0 Å². The third-order valence-corrected chi connectivity index (χ3v) is 6.47. The molecule has 25 heavy (non-hydrogen) atoms. The topological polar surface area (TPSA) is 78.5 Å². The summed E-state index contributed by atoms with van der Waals surface area (Å²) in [4.78, 5) is 12.2. The second-order valence-corrected chi connectivity index (χ2v) is 8.59. The molecule has 9 heteroatoms. The van der Waals surface area contributed by atoms with E-state index < -0.39 is 35.3 Å². The predicted molar refractivity (Wildman–Crippen MR) is 88.1 cm³/mol. The van der Waals surface area contributed by atoms with E-state index in [9.17, 15) is 22.0 Å². The Balaban J connectivity index is 1.53. The Labute approximate surface area is 144 Å². The zero-order valence-corrected chi connectivity index (χ0v) is 14.4. The number of alkyl halides is 2. The number of fused-ring (bicyclic) bond motifs is 2. The summed E-state index contributed by atoms with van der Waals surface area (Å²) in [6, 6.07) is 1.30. The van der Waals surface area contributed by atoms with E-state index in [1.54, 1.807) is 0 Å². The molecule has 1 aliphatic heterocycles.